The highest BCUT2D eigenvalue weighted by molar-refractivity contribution is 6.31. The van der Waals surface area contributed by atoms with Crippen molar-refractivity contribution >= 4 is 40.9 Å². The van der Waals surface area contributed by atoms with Crippen molar-refractivity contribution in [1.82, 2.24) is 19.8 Å². The number of H-pyrrole nitrogens is 1. The van der Waals surface area contributed by atoms with E-state index >= 15 is 0 Å². The number of halogens is 1. The first kappa shape index (κ1) is 23.1. The van der Waals surface area contributed by atoms with Gasteiger partial charge in [0.2, 0.25) is 18.3 Å². The van der Waals surface area contributed by atoms with Crippen molar-refractivity contribution in [2.45, 2.75) is 31.8 Å². The van der Waals surface area contributed by atoms with E-state index in [1.54, 1.807) is 9.80 Å². The number of aryl methyl sites for hydroxylation is 1. The first-order valence-electron chi connectivity index (χ1n) is 11.1. The number of carbonyl (C=O) groups excluding carboxylic acids is 2. The average Bonchev–Trinajstić information content (AvgIpc) is 3.24. The predicted octanol–water partition coefficient (Wildman–Crippen LogP) is 2.92. The summed E-state index contributed by atoms with van der Waals surface area (Å²) in [7, 11) is 0. The minimum Gasteiger partial charge on any atom is -0.353 e. The van der Waals surface area contributed by atoms with Crippen LogP contribution in [0.1, 0.15) is 24.0 Å². The van der Waals surface area contributed by atoms with E-state index in [1.807, 2.05) is 49.4 Å². The number of carbonyl (C=O) groups is 2. The van der Waals surface area contributed by atoms with Crippen LogP contribution in [0.3, 0.4) is 0 Å². The third kappa shape index (κ3) is 4.96. The van der Waals surface area contributed by atoms with E-state index in [4.69, 9.17) is 17.3 Å². The number of fused-ring (bicyclic) bond motifs is 1. The van der Waals surface area contributed by atoms with Crippen LogP contribution in [0.15, 0.2) is 42.5 Å². The van der Waals surface area contributed by atoms with Crippen LogP contribution in [0.2, 0.25) is 5.02 Å². The van der Waals surface area contributed by atoms with Crippen molar-refractivity contribution in [1.29, 1.82) is 0 Å². The summed E-state index contributed by atoms with van der Waals surface area (Å²) < 4.78 is 0. The van der Waals surface area contributed by atoms with Crippen LogP contribution >= 0.6 is 11.6 Å². The van der Waals surface area contributed by atoms with Crippen LogP contribution in [-0.4, -0.2) is 63.8 Å². The summed E-state index contributed by atoms with van der Waals surface area (Å²) in [6.07, 6.45) is 2.12. The lowest BCUT2D eigenvalue weighted by atomic mass is 9.85. The molecule has 1 fully saturated rings. The molecule has 0 radical (unpaired) electrons. The van der Waals surface area contributed by atoms with Gasteiger partial charge in [0.25, 0.3) is 0 Å². The minimum atomic E-state index is -0.513. The van der Waals surface area contributed by atoms with Gasteiger partial charge >= 0.3 is 0 Å². The monoisotopic (exact) mass is 468 g/mol. The third-order valence-corrected chi connectivity index (χ3v) is 6.85. The summed E-state index contributed by atoms with van der Waals surface area (Å²) in [5, 5.41) is 4.03. The maximum absolute atomic E-state index is 12.3. The molecule has 2 aromatic carbocycles. The fourth-order valence-electron chi connectivity index (χ4n) is 4.44. The summed E-state index contributed by atoms with van der Waals surface area (Å²) >= 11 is 6.38. The summed E-state index contributed by atoms with van der Waals surface area (Å²) in [6, 6.07) is 13.6. The number of piperidine rings is 1. The first-order valence-corrected chi connectivity index (χ1v) is 11.5. The number of nitrogens with zero attached hydrogens (tertiary/aromatic N) is 3. The zero-order valence-electron chi connectivity index (χ0n) is 18.7. The molecule has 1 saturated heterocycles. The van der Waals surface area contributed by atoms with E-state index in [2.05, 4.69) is 15.3 Å². The molecule has 0 spiro atoms. The Morgan fingerprint density at radius 3 is 2.76 bits per heavy atom. The predicted molar refractivity (Wildman–Crippen MR) is 130 cm³/mol. The number of rotatable bonds is 8. The summed E-state index contributed by atoms with van der Waals surface area (Å²) in [6.45, 7) is 3.95. The Bertz CT molecular complexity index is 1140. The fraction of sp³-hybridized carbons (Fsp3) is 0.375. The fourth-order valence-corrected chi connectivity index (χ4v) is 4.64. The maximum atomic E-state index is 12.3. The number of hydrogen-bond acceptors (Lipinski definition) is 5. The van der Waals surface area contributed by atoms with E-state index in [0.717, 1.165) is 28.6 Å². The lowest BCUT2D eigenvalue weighted by Gasteiger charge is -2.47. The van der Waals surface area contributed by atoms with Crippen LogP contribution < -0.4 is 11.1 Å². The zero-order valence-corrected chi connectivity index (χ0v) is 19.4. The molecule has 0 unspecified atom stereocenters. The number of imidazole rings is 1. The smallest absolute Gasteiger partial charge is 0.236 e. The molecule has 0 bridgehead atoms. The van der Waals surface area contributed by atoms with E-state index < -0.39 is 5.54 Å². The number of benzene rings is 2. The molecule has 0 aliphatic carbocycles. The molecule has 8 nitrogen and oxygen atoms in total. The Kier molecular flexibility index (Phi) is 6.85. The third-order valence-electron chi connectivity index (χ3n) is 6.48. The Hall–Kier alpha value is -3.10. The van der Waals surface area contributed by atoms with Gasteiger partial charge in [-0.15, -0.1) is 0 Å². The van der Waals surface area contributed by atoms with Gasteiger partial charge in [-0.3, -0.25) is 9.59 Å². The Labute approximate surface area is 198 Å². The van der Waals surface area contributed by atoms with Crippen molar-refractivity contribution in [2.75, 3.05) is 31.5 Å². The quantitative estimate of drug-likeness (QED) is 0.440. The van der Waals surface area contributed by atoms with Crippen LogP contribution in [0.5, 0.6) is 0 Å². The second-order valence-electron chi connectivity index (χ2n) is 8.59. The summed E-state index contributed by atoms with van der Waals surface area (Å²) in [4.78, 5) is 36.0. The van der Waals surface area contributed by atoms with Gasteiger partial charge in [-0.25, -0.2) is 4.98 Å². The van der Waals surface area contributed by atoms with Gasteiger partial charge in [0.15, 0.2) is 0 Å². The van der Waals surface area contributed by atoms with Crippen molar-refractivity contribution in [3.8, 4) is 0 Å². The molecule has 9 heteroatoms. The van der Waals surface area contributed by atoms with E-state index in [1.165, 1.54) is 0 Å². The average molecular weight is 469 g/mol. The Morgan fingerprint density at radius 2 is 2.06 bits per heavy atom. The van der Waals surface area contributed by atoms with Crippen LogP contribution in [0, 0.1) is 6.92 Å². The van der Waals surface area contributed by atoms with Gasteiger partial charge in [0, 0.05) is 31.2 Å². The summed E-state index contributed by atoms with van der Waals surface area (Å²) in [5.41, 5.74) is 8.90. The molecule has 4 rings (SSSR count). The highest BCUT2D eigenvalue weighted by atomic mass is 35.5. The number of anilines is 1. The molecule has 174 valence electrons. The second kappa shape index (κ2) is 9.80. The minimum absolute atomic E-state index is 0.0132. The molecular weight excluding hydrogens is 440 g/mol. The van der Waals surface area contributed by atoms with E-state index in [0.29, 0.717) is 50.0 Å². The molecule has 0 saturated carbocycles. The van der Waals surface area contributed by atoms with Crippen molar-refractivity contribution in [3.63, 3.8) is 0 Å². The topological polar surface area (TPSA) is 107 Å². The number of amides is 2. The normalized spacial score (nSPS) is 15.4. The van der Waals surface area contributed by atoms with Crippen molar-refractivity contribution in [3.05, 3.63) is 58.6 Å². The van der Waals surface area contributed by atoms with Gasteiger partial charge < -0.3 is 25.8 Å². The van der Waals surface area contributed by atoms with Gasteiger partial charge in [0.1, 0.15) is 0 Å². The van der Waals surface area contributed by atoms with Gasteiger partial charge in [-0.05, 0) is 49.1 Å². The molecule has 3 aromatic rings. The van der Waals surface area contributed by atoms with Crippen molar-refractivity contribution in [2.24, 2.45) is 5.73 Å². The lowest BCUT2D eigenvalue weighted by Crippen LogP contribution is -2.59. The molecule has 4 N–H and O–H groups in total. The standard InChI is InChI=1S/C24H29ClN6O2/c1-17-6-7-20-21(12-17)29-23(28-20)27-15-24(8-10-30(11-9-24)22(33)13-26)31(16-32)14-18-4-2-3-5-19(18)25/h2-7,12,16H,8-11,13-15,26H2,1H3,(H2,27,28,29). The molecule has 1 aliphatic rings. The molecule has 33 heavy (non-hydrogen) atoms. The van der Waals surface area contributed by atoms with Crippen LogP contribution in [-0.2, 0) is 16.1 Å². The SMILES string of the molecule is Cc1ccc2[nH]c(NCC3(N(C=O)Cc4ccccc4Cl)CCN(C(=O)CN)CC3)nc2c1. The zero-order chi connectivity index (χ0) is 23.4. The number of likely N-dealkylation sites (tertiary alicyclic amines) is 1. The van der Waals surface area contributed by atoms with Gasteiger partial charge in [-0.2, -0.15) is 0 Å². The molecule has 2 amide bonds. The number of nitrogens with two attached hydrogens (primary N) is 1. The summed E-state index contributed by atoms with van der Waals surface area (Å²) in [5.74, 6) is 0.576. The number of aromatic amines is 1. The largest absolute Gasteiger partial charge is 0.353 e. The molecule has 2 heterocycles. The number of hydrogen-bond donors (Lipinski definition) is 3. The van der Waals surface area contributed by atoms with Crippen LogP contribution in [0.25, 0.3) is 11.0 Å². The van der Waals surface area contributed by atoms with Crippen molar-refractivity contribution < 1.29 is 9.59 Å². The number of aromatic nitrogens is 2. The second-order valence-corrected chi connectivity index (χ2v) is 9.00. The first-order chi connectivity index (χ1) is 15.9. The molecule has 1 aliphatic heterocycles. The molecular formula is C24H29ClN6O2. The van der Waals surface area contributed by atoms with E-state index in [-0.39, 0.29) is 12.5 Å². The highest BCUT2D eigenvalue weighted by Gasteiger charge is 2.40. The van der Waals surface area contributed by atoms with Gasteiger partial charge in [-0.1, -0.05) is 35.9 Å². The molecule has 0 atom stereocenters. The highest BCUT2D eigenvalue weighted by Crippen LogP contribution is 2.31. The Morgan fingerprint density at radius 1 is 1.30 bits per heavy atom. The maximum Gasteiger partial charge on any atom is 0.236 e. The Balaban J connectivity index is 1.58. The van der Waals surface area contributed by atoms with E-state index in [9.17, 15) is 9.59 Å². The molecule has 1 aromatic heterocycles. The van der Waals surface area contributed by atoms with Crippen LogP contribution in [0.4, 0.5) is 5.95 Å². The van der Waals surface area contributed by atoms with Gasteiger partial charge in [0.05, 0.1) is 23.1 Å². The lowest BCUT2D eigenvalue weighted by molar-refractivity contribution is -0.134. The number of nitrogens with one attached hydrogen (secondary N) is 2.